The molecule has 0 amide bonds. The predicted molar refractivity (Wildman–Crippen MR) is 62.0 cm³/mol. The molecule has 2 aromatic heterocycles. The van der Waals surface area contributed by atoms with E-state index in [4.69, 9.17) is 11.6 Å². The van der Waals surface area contributed by atoms with E-state index in [9.17, 15) is 0 Å². The van der Waals surface area contributed by atoms with Crippen LogP contribution in [0.3, 0.4) is 0 Å². The topological polar surface area (TPSA) is 47.7 Å². The lowest BCUT2D eigenvalue weighted by Gasteiger charge is -2.03. The molecule has 0 atom stereocenters. The summed E-state index contributed by atoms with van der Waals surface area (Å²) in [6.07, 6.45) is 3.58. The van der Waals surface area contributed by atoms with Crippen LogP contribution in [-0.4, -0.2) is 19.3 Å². The molecule has 6 heteroatoms. The van der Waals surface area contributed by atoms with E-state index in [2.05, 4.69) is 15.4 Å². The number of nitrogens with zero attached hydrogens (tertiary/aromatic N) is 4. The summed E-state index contributed by atoms with van der Waals surface area (Å²) in [7, 11) is 3.80. The van der Waals surface area contributed by atoms with Crippen LogP contribution in [0.2, 0.25) is 5.15 Å². The van der Waals surface area contributed by atoms with Crippen molar-refractivity contribution in [1.29, 1.82) is 0 Å². The van der Waals surface area contributed by atoms with E-state index in [-0.39, 0.29) is 0 Å². The van der Waals surface area contributed by atoms with Crippen molar-refractivity contribution in [2.24, 2.45) is 14.1 Å². The summed E-state index contributed by atoms with van der Waals surface area (Å²) in [5.74, 6) is 0.918. The van der Waals surface area contributed by atoms with Crippen LogP contribution in [0.1, 0.15) is 11.5 Å². The van der Waals surface area contributed by atoms with Gasteiger partial charge in [-0.1, -0.05) is 11.6 Å². The Morgan fingerprint density at radius 1 is 1.38 bits per heavy atom. The molecule has 1 N–H and O–H groups in total. The Kier molecular flexibility index (Phi) is 3.26. The van der Waals surface area contributed by atoms with Gasteiger partial charge in [0.2, 0.25) is 0 Å². The molecule has 0 spiro atoms. The minimum absolute atomic E-state index is 0.648. The molecule has 0 aliphatic carbocycles. The third-order valence-corrected chi connectivity index (χ3v) is 2.74. The highest BCUT2D eigenvalue weighted by atomic mass is 35.5. The van der Waals surface area contributed by atoms with Gasteiger partial charge in [0, 0.05) is 26.8 Å². The van der Waals surface area contributed by atoms with E-state index in [1.54, 1.807) is 10.9 Å². The quantitative estimate of drug-likeness (QED) is 0.869. The Balaban J connectivity index is 1.86. The van der Waals surface area contributed by atoms with Crippen molar-refractivity contribution in [2.45, 2.75) is 13.1 Å². The fourth-order valence-corrected chi connectivity index (χ4v) is 1.59. The first kappa shape index (κ1) is 11.2. The molecule has 0 fully saturated rings. The summed E-state index contributed by atoms with van der Waals surface area (Å²) in [6, 6.07) is 1.98. The van der Waals surface area contributed by atoms with Crippen LogP contribution in [0.15, 0.2) is 18.5 Å². The van der Waals surface area contributed by atoms with Gasteiger partial charge in [-0.05, 0) is 6.07 Å². The maximum atomic E-state index is 5.89. The van der Waals surface area contributed by atoms with Crippen LogP contribution < -0.4 is 5.32 Å². The molecule has 16 heavy (non-hydrogen) atoms. The second-order valence-corrected chi connectivity index (χ2v) is 4.03. The van der Waals surface area contributed by atoms with Crippen LogP contribution in [0.25, 0.3) is 0 Å². The third-order valence-electron chi connectivity index (χ3n) is 2.39. The maximum absolute atomic E-state index is 5.89. The lowest BCUT2D eigenvalue weighted by Crippen LogP contribution is -2.16. The fourth-order valence-electron chi connectivity index (χ4n) is 1.45. The zero-order chi connectivity index (χ0) is 11.5. The molecular weight excluding hydrogens is 226 g/mol. The van der Waals surface area contributed by atoms with Crippen molar-refractivity contribution < 1.29 is 0 Å². The van der Waals surface area contributed by atoms with Gasteiger partial charge < -0.3 is 9.88 Å². The molecule has 0 saturated carbocycles. The monoisotopic (exact) mass is 239 g/mol. The molecule has 0 saturated heterocycles. The Labute approximate surface area is 99.0 Å². The van der Waals surface area contributed by atoms with E-state index in [0.717, 1.165) is 18.1 Å². The second-order valence-electron chi connectivity index (χ2n) is 3.64. The first-order valence-corrected chi connectivity index (χ1v) is 5.40. The number of aryl methyl sites for hydroxylation is 1. The average Bonchev–Trinajstić information content (AvgIpc) is 2.79. The van der Waals surface area contributed by atoms with Crippen LogP contribution in [0, 0.1) is 0 Å². The Morgan fingerprint density at radius 2 is 2.19 bits per heavy atom. The summed E-state index contributed by atoms with van der Waals surface area (Å²) in [5, 5.41) is 8.19. The third kappa shape index (κ3) is 2.43. The van der Waals surface area contributed by atoms with E-state index in [1.165, 1.54) is 0 Å². The zero-order valence-electron chi connectivity index (χ0n) is 9.31. The number of aromatic nitrogens is 4. The van der Waals surface area contributed by atoms with Gasteiger partial charge >= 0.3 is 0 Å². The highest BCUT2D eigenvalue weighted by Crippen LogP contribution is 2.08. The predicted octanol–water partition coefficient (Wildman–Crippen LogP) is 1.10. The summed E-state index contributed by atoms with van der Waals surface area (Å²) < 4.78 is 3.64. The van der Waals surface area contributed by atoms with Crippen LogP contribution in [0.4, 0.5) is 0 Å². The van der Waals surface area contributed by atoms with Crippen molar-refractivity contribution in [3.63, 3.8) is 0 Å². The number of halogens is 1. The molecule has 2 rings (SSSR count). The van der Waals surface area contributed by atoms with Crippen molar-refractivity contribution in [2.75, 3.05) is 0 Å². The molecule has 0 aliphatic rings. The SMILES string of the molecule is Cn1ccc(CNCc2ncc(Cl)n2C)n1. The highest BCUT2D eigenvalue weighted by Gasteiger charge is 2.03. The summed E-state index contributed by atoms with van der Waals surface area (Å²) in [4.78, 5) is 4.19. The molecule has 86 valence electrons. The summed E-state index contributed by atoms with van der Waals surface area (Å²) in [5.41, 5.74) is 1.02. The Morgan fingerprint density at radius 3 is 2.75 bits per heavy atom. The smallest absolute Gasteiger partial charge is 0.128 e. The van der Waals surface area contributed by atoms with Crippen molar-refractivity contribution in [3.8, 4) is 0 Å². The van der Waals surface area contributed by atoms with Gasteiger partial charge in [-0.15, -0.1) is 0 Å². The fraction of sp³-hybridized carbons (Fsp3) is 0.400. The van der Waals surface area contributed by atoms with Gasteiger partial charge in [0.05, 0.1) is 18.4 Å². The molecular formula is C10H14ClN5. The maximum Gasteiger partial charge on any atom is 0.128 e. The standard InChI is InChI=1S/C10H14ClN5/c1-15-4-3-8(14-15)5-12-7-10-13-6-9(11)16(10)2/h3-4,6,12H,5,7H2,1-2H3. The van der Waals surface area contributed by atoms with E-state index >= 15 is 0 Å². The van der Waals surface area contributed by atoms with Gasteiger partial charge in [0.15, 0.2) is 0 Å². The van der Waals surface area contributed by atoms with Gasteiger partial charge in [0.1, 0.15) is 11.0 Å². The molecule has 2 heterocycles. The molecule has 0 aromatic carbocycles. The zero-order valence-corrected chi connectivity index (χ0v) is 10.1. The van der Waals surface area contributed by atoms with Crippen molar-refractivity contribution in [3.05, 3.63) is 35.1 Å². The number of nitrogens with one attached hydrogen (secondary N) is 1. The van der Waals surface area contributed by atoms with Gasteiger partial charge in [-0.3, -0.25) is 4.68 Å². The molecule has 2 aromatic rings. The van der Waals surface area contributed by atoms with Gasteiger partial charge in [-0.25, -0.2) is 4.98 Å². The number of hydrogen-bond acceptors (Lipinski definition) is 3. The Hall–Kier alpha value is -1.33. The molecule has 0 radical (unpaired) electrons. The lowest BCUT2D eigenvalue weighted by atomic mass is 10.4. The highest BCUT2D eigenvalue weighted by molar-refractivity contribution is 6.29. The molecule has 0 bridgehead atoms. The van der Waals surface area contributed by atoms with Crippen molar-refractivity contribution >= 4 is 11.6 Å². The number of imidazole rings is 1. The van der Waals surface area contributed by atoms with Gasteiger partial charge in [0.25, 0.3) is 0 Å². The summed E-state index contributed by atoms with van der Waals surface area (Å²) in [6.45, 7) is 1.41. The van der Waals surface area contributed by atoms with Crippen LogP contribution >= 0.6 is 11.6 Å². The first-order valence-electron chi connectivity index (χ1n) is 5.02. The molecule has 5 nitrogen and oxygen atoms in total. The molecule has 0 unspecified atom stereocenters. The van der Waals surface area contributed by atoms with E-state index in [1.807, 2.05) is 30.9 Å². The largest absolute Gasteiger partial charge is 0.321 e. The Bertz CT molecular complexity index is 473. The second kappa shape index (κ2) is 4.67. The number of hydrogen-bond donors (Lipinski definition) is 1. The molecule has 0 aliphatic heterocycles. The van der Waals surface area contributed by atoms with Crippen molar-refractivity contribution in [1.82, 2.24) is 24.6 Å². The van der Waals surface area contributed by atoms with E-state index in [0.29, 0.717) is 11.7 Å². The minimum Gasteiger partial charge on any atom is -0.321 e. The number of rotatable bonds is 4. The van der Waals surface area contributed by atoms with Gasteiger partial charge in [-0.2, -0.15) is 5.10 Å². The van der Waals surface area contributed by atoms with E-state index < -0.39 is 0 Å². The normalized spacial score (nSPS) is 10.9. The average molecular weight is 240 g/mol. The minimum atomic E-state index is 0.648. The lowest BCUT2D eigenvalue weighted by molar-refractivity contribution is 0.620. The van der Waals surface area contributed by atoms with Crippen LogP contribution in [-0.2, 0) is 27.2 Å². The summed E-state index contributed by atoms with van der Waals surface area (Å²) >= 11 is 5.89. The first-order chi connectivity index (χ1) is 7.66. The van der Waals surface area contributed by atoms with Crippen LogP contribution in [0.5, 0.6) is 0 Å².